The fourth-order valence-electron chi connectivity index (χ4n) is 1.14. The van der Waals surface area contributed by atoms with E-state index in [0.717, 1.165) is 0 Å². The lowest BCUT2D eigenvalue weighted by Crippen LogP contribution is -2.32. The van der Waals surface area contributed by atoms with Crippen LogP contribution in [0.4, 0.5) is 0 Å². The molecule has 6 nitrogen and oxygen atoms in total. The van der Waals surface area contributed by atoms with Crippen LogP contribution in [0.3, 0.4) is 0 Å². The monoisotopic (exact) mass is 212 g/mol. The van der Waals surface area contributed by atoms with Crippen LogP contribution < -0.4 is 0 Å². The van der Waals surface area contributed by atoms with Crippen LogP contribution in [0.2, 0.25) is 0 Å². The van der Waals surface area contributed by atoms with E-state index >= 15 is 0 Å². The van der Waals surface area contributed by atoms with Gasteiger partial charge in [0.25, 0.3) is 11.8 Å². The van der Waals surface area contributed by atoms with Crippen molar-refractivity contribution in [3.05, 3.63) is 0 Å². The zero-order chi connectivity index (χ0) is 11.3. The van der Waals surface area contributed by atoms with Crippen LogP contribution in [-0.2, 0) is 19.2 Å². The molecular weight excluding hydrogens is 200 g/mol. The van der Waals surface area contributed by atoms with Gasteiger partial charge in [-0.25, -0.2) is 4.79 Å². The van der Waals surface area contributed by atoms with Crippen LogP contribution >= 0.6 is 0 Å². The summed E-state index contributed by atoms with van der Waals surface area (Å²) < 4.78 is 0. The second kappa shape index (κ2) is 5.23. The highest BCUT2D eigenvalue weighted by Gasteiger charge is 2.32. The van der Waals surface area contributed by atoms with E-state index in [1.165, 1.54) is 0 Å². The molecule has 1 aliphatic heterocycles. The summed E-state index contributed by atoms with van der Waals surface area (Å²) in [5.41, 5.74) is 0. The second-order valence-corrected chi connectivity index (χ2v) is 3.10. The summed E-state index contributed by atoms with van der Waals surface area (Å²) in [6.45, 7) is 3.72. The van der Waals surface area contributed by atoms with Gasteiger partial charge in [-0.05, 0) is 13.1 Å². The molecule has 0 aliphatic carbocycles. The van der Waals surface area contributed by atoms with Crippen LogP contribution in [0.1, 0.15) is 25.7 Å². The highest BCUT2D eigenvalue weighted by Crippen LogP contribution is 2.12. The van der Waals surface area contributed by atoms with Crippen molar-refractivity contribution in [3.8, 4) is 0 Å². The number of carbonyl (C=O) groups is 3. The van der Waals surface area contributed by atoms with E-state index in [9.17, 15) is 14.4 Å². The Morgan fingerprint density at radius 1 is 1.40 bits per heavy atom. The third-order valence-corrected chi connectivity index (χ3v) is 1.90. The number of hydrogen-bond acceptors (Lipinski definition) is 5. The number of hydroxylamine groups is 2. The lowest BCUT2D eigenvalue weighted by Gasteiger charge is -2.11. The molecule has 0 aromatic rings. The van der Waals surface area contributed by atoms with Gasteiger partial charge in [-0.15, -0.1) is 5.06 Å². The lowest BCUT2D eigenvalue weighted by atomic mass is 10.3. The van der Waals surface area contributed by atoms with Gasteiger partial charge in [0.05, 0.1) is 0 Å². The maximum absolute atomic E-state index is 11.1. The summed E-state index contributed by atoms with van der Waals surface area (Å²) >= 11 is 0. The maximum atomic E-state index is 11.1. The number of hydrogen-bond donors (Lipinski definition) is 0. The molecule has 0 spiro atoms. The molecule has 82 valence electrons. The van der Waals surface area contributed by atoms with Crippen molar-refractivity contribution in [2.75, 3.05) is 6.54 Å². The Kier molecular flexibility index (Phi) is 3.96. The summed E-state index contributed by atoms with van der Waals surface area (Å²) in [5.74, 6) is -1.52. The largest absolute Gasteiger partial charge is 0.333 e. The molecule has 2 amide bonds. The molecule has 0 unspecified atom stereocenters. The SMILES string of the molecule is C=NCCCC(=O)ON1C(=O)CCC1=O. The van der Waals surface area contributed by atoms with Gasteiger partial charge in [0.2, 0.25) is 0 Å². The van der Waals surface area contributed by atoms with E-state index in [1.54, 1.807) is 0 Å². The summed E-state index contributed by atoms with van der Waals surface area (Å²) in [7, 11) is 0. The van der Waals surface area contributed by atoms with E-state index in [2.05, 4.69) is 16.5 Å². The van der Waals surface area contributed by atoms with Crippen LogP contribution in [0.5, 0.6) is 0 Å². The number of imide groups is 1. The first kappa shape index (κ1) is 11.4. The first-order valence-electron chi connectivity index (χ1n) is 4.64. The first-order valence-corrected chi connectivity index (χ1v) is 4.64. The summed E-state index contributed by atoms with van der Waals surface area (Å²) in [5, 5.41) is 0.545. The Hall–Kier alpha value is -1.72. The van der Waals surface area contributed by atoms with Gasteiger partial charge in [0.1, 0.15) is 0 Å². The fourth-order valence-corrected chi connectivity index (χ4v) is 1.14. The van der Waals surface area contributed by atoms with Gasteiger partial charge >= 0.3 is 5.97 Å². The normalized spacial score (nSPS) is 15.6. The van der Waals surface area contributed by atoms with Gasteiger partial charge in [0, 0.05) is 25.8 Å². The molecule has 0 aromatic carbocycles. The molecule has 1 aliphatic rings. The predicted molar refractivity (Wildman–Crippen MR) is 50.8 cm³/mol. The summed E-state index contributed by atoms with van der Waals surface area (Å²) in [4.78, 5) is 41.4. The fraction of sp³-hybridized carbons (Fsp3) is 0.556. The summed E-state index contributed by atoms with van der Waals surface area (Å²) in [6.07, 6.45) is 0.843. The van der Waals surface area contributed by atoms with E-state index in [1.807, 2.05) is 0 Å². The van der Waals surface area contributed by atoms with Crippen molar-refractivity contribution in [1.82, 2.24) is 5.06 Å². The molecule has 0 N–H and O–H groups in total. The highest BCUT2D eigenvalue weighted by atomic mass is 16.7. The Balaban J connectivity index is 2.33. The molecule has 1 heterocycles. The van der Waals surface area contributed by atoms with Crippen molar-refractivity contribution >= 4 is 24.5 Å². The third kappa shape index (κ3) is 3.16. The molecule has 1 rings (SSSR count). The van der Waals surface area contributed by atoms with Gasteiger partial charge in [-0.2, -0.15) is 0 Å². The molecule has 0 aromatic heterocycles. The van der Waals surface area contributed by atoms with E-state index < -0.39 is 17.8 Å². The zero-order valence-electron chi connectivity index (χ0n) is 8.27. The number of rotatable bonds is 5. The predicted octanol–water partition coefficient (Wildman–Crippen LogP) is 0.0744. The Labute approximate surface area is 86.9 Å². The van der Waals surface area contributed by atoms with Crippen molar-refractivity contribution in [2.24, 2.45) is 4.99 Å². The van der Waals surface area contributed by atoms with Crippen molar-refractivity contribution in [3.63, 3.8) is 0 Å². The van der Waals surface area contributed by atoms with Crippen LogP contribution in [0.15, 0.2) is 4.99 Å². The zero-order valence-corrected chi connectivity index (χ0v) is 8.27. The quantitative estimate of drug-likeness (QED) is 0.367. The third-order valence-electron chi connectivity index (χ3n) is 1.90. The number of aliphatic imine (C=N–C) groups is 1. The molecule has 0 bridgehead atoms. The second-order valence-electron chi connectivity index (χ2n) is 3.10. The average Bonchev–Trinajstić information content (AvgIpc) is 2.50. The van der Waals surface area contributed by atoms with E-state index in [-0.39, 0.29) is 19.3 Å². The topological polar surface area (TPSA) is 76.0 Å². The number of carbonyl (C=O) groups excluding carboxylic acids is 3. The number of amides is 2. The Bertz CT molecular complexity index is 284. The molecule has 6 heteroatoms. The smallest absolute Gasteiger partial charge is 0.330 e. The standard InChI is InChI=1S/C9H12N2O4/c1-10-6-2-3-9(14)15-11-7(12)4-5-8(11)13/h1-6H2. The van der Waals surface area contributed by atoms with E-state index in [4.69, 9.17) is 0 Å². The van der Waals surface area contributed by atoms with Crippen LogP contribution in [0.25, 0.3) is 0 Å². The molecule has 15 heavy (non-hydrogen) atoms. The van der Waals surface area contributed by atoms with Crippen molar-refractivity contribution in [1.29, 1.82) is 0 Å². The van der Waals surface area contributed by atoms with Gasteiger partial charge in [-0.3, -0.25) is 9.59 Å². The minimum Gasteiger partial charge on any atom is -0.330 e. The average molecular weight is 212 g/mol. The molecule has 0 saturated carbocycles. The minimum absolute atomic E-state index is 0.111. The maximum Gasteiger partial charge on any atom is 0.333 e. The molecular formula is C9H12N2O4. The Morgan fingerprint density at radius 3 is 2.53 bits per heavy atom. The summed E-state index contributed by atoms with van der Waals surface area (Å²) in [6, 6.07) is 0. The van der Waals surface area contributed by atoms with E-state index in [0.29, 0.717) is 18.0 Å². The molecule has 1 saturated heterocycles. The van der Waals surface area contributed by atoms with Crippen molar-refractivity contribution in [2.45, 2.75) is 25.7 Å². The van der Waals surface area contributed by atoms with Crippen molar-refractivity contribution < 1.29 is 19.2 Å². The molecule has 1 fully saturated rings. The van der Waals surface area contributed by atoms with Gasteiger partial charge < -0.3 is 9.83 Å². The first-order chi connectivity index (χ1) is 7.15. The van der Waals surface area contributed by atoms with Crippen LogP contribution in [-0.4, -0.2) is 36.1 Å². The minimum atomic E-state index is -0.595. The van der Waals surface area contributed by atoms with Gasteiger partial charge in [0.15, 0.2) is 0 Å². The Morgan fingerprint density at radius 2 is 2.00 bits per heavy atom. The van der Waals surface area contributed by atoms with Gasteiger partial charge in [-0.1, -0.05) is 0 Å². The highest BCUT2D eigenvalue weighted by molar-refractivity contribution is 6.01. The molecule has 0 radical (unpaired) electrons. The molecule has 0 atom stereocenters. The number of nitrogens with zero attached hydrogens (tertiary/aromatic N) is 2. The van der Waals surface area contributed by atoms with Crippen LogP contribution in [0, 0.1) is 0 Å². The lowest BCUT2D eigenvalue weighted by molar-refractivity contribution is -0.197.